The van der Waals surface area contributed by atoms with Crippen molar-refractivity contribution in [2.24, 2.45) is 5.10 Å². The van der Waals surface area contributed by atoms with Crippen molar-refractivity contribution < 1.29 is 14.2 Å². The van der Waals surface area contributed by atoms with Crippen molar-refractivity contribution in [3.63, 3.8) is 0 Å². The van der Waals surface area contributed by atoms with Gasteiger partial charge >= 0.3 is 0 Å². The van der Waals surface area contributed by atoms with Crippen molar-refractivity contribution in [1.82, 2.24) is 0 Å². The zero-order chi connectivity index (χ0) is 15.1. The number of benzene rings is 2. The van der Waals surface area contributed by atoms with E-state index in [1.165, 1.54) is 0 Å². The average Bonchev–Trinajstić information content (AvgIpc) is 2.55. The number of para-hydroxylation sites is 1. The van der Waals surface area contributed by atoms with Gasteiger partial charge in [-0.25, -0.2) is 0 Å². The Hall–Kier alpha value is -2.69. The molecule has 0 amide bonds. The molecule has 2 aromatic rings. The Morgan fingerprint density at radius 3 is 2.14 bits per heavy atom. The van der Waals surface area contributed by atoms with Crippen LogP contribution in [-0.2, 0) is 0 Å². The highest BCUT2D eigenvalue weighted by atomic mass is 16.5. The first-order chi connectivity index (χ1) is 10.3. The molecule has 0 aliphatic carbocycles. The summed E-state index contributed by atoms with van der Waals surface area (Å²) in [5.41, 5.74) is 4.56. The molecule has 1 N–H and O–H groups in total. The molecule has 0 atom stereocenters. The molecule has 5 heteroatoms. The van der Waals surface area contributed by atoms with Crippen molar-refractivity contribution in [3.05, 3.63) is 48.0 Å². The van der Waals surface area contributed by atoms with Crippen LogP contribution >= 0.6 is 0 Å². The van der Waals surface area contributed by atoms with Gasteiger partial charge in [-0.15, -0.1) is 0 Å². The van der Waals surface area contributed by atoms with E-state index in [1.54, 1.807) is 33.6 Å². The lowest BCUT2D eigenvalue weighted by atomic mass is 10.1. The van der Waals surface area contributed by atoms with Crippen LogP contribution in [0.1, 0.15) is 5.56 Å². The summed E-state index contributed by atoms with van der Waals surface area (Å²) in [7, 11) is 4.77. The summed E-state index contributed by atoms with van der Waals surface area (Å²) in [4.78, 5) is 0. The maximum absolute atomic E-state index is 5.39. The highest BCUT2D eigenvalue weighted by Gasteiger charge is 2.13. The molecule has 0 saturated carbocycles. The van der Waals surface area contributed by atoms with Crippen LogP contribution in [0, 0.1) is 0 Å². The Morgan fingerprint density at radius 2 is 1.52 bits per heavy atom. The zero-order valence-corrected chi connectivity index (χ0v) is 12.3. The fourth-order valence-electron chi connectivity index (χ4n) is 1.92. The molecule has 0 spiro atoms. The van der Waals surface area contributed by atoms with Crippen molar-refractivity contribution in [2.75, 3.05) is 26.8 Å². The number of rotatable bonds is 6. The molecule has 0 saturated heterocycles. The topological polar surface area (TPSA) is 52.1 Å². The van der Waals surface area contributed by atoms with Crippen LogP contribution in [0.15, 0.2) is 47.6 Å². The molecule has 0 radical (unpaired) electrons. The van der Waals surface area contributed by atoms with Crippen LogP contribution in [-0.4, -0.2) is 27.5 Å². The number of hydrogen-bond acceptors (Lipinski definition) is 5. The monoisotopic (exact) mass is 286 g/mol. The first kappa shape index (κ1) is 14.7. The van der Waals surface area contributed by atoms with Gasteiger partial charge in [0.25, 0.3) is 0 Å². The number of hydrogen-bond donors (Lipinski definition) is 1. The van der Waals surface area contributed by atoms with Gasteiger partial charge in [0.15, 0.2) is 11.5 Å². The summed E-state index contributed by atoms with van der Waals surface area (Å²) >= 11 is 0. The Kier molecular flexibility index (Phi) is 5.04. The second-order valence-electron chi connectivity index (χ2n) is 4.15. The van der Waals surface area contributed by atoms with Crippen LogP contribution in [0.3, 0.4) is 0 Å². The van der Waals surface area contributed by atoms with E-state index in [2.05, 4.69) is 10.5 Å². The molecule has 0 fully saturated rings. The Morgan fingerprint density at radius 1 is 0.857 bits per heavy atom. The minimum atomic E-state index is 0.579. The number of nitrogens with one attached hydrogen (secondary N) is 1. The molecule has 0 aliphatic rings. The minimum absolute atomic E-state index is 0.579. The minimum Gasteiger partial charge on any atom is -0.496 e. The molecule has 0 aliphatic heterocycles. The smallest absolute Gasteiger partial charge is 0.173 e. The summed E-state index contributed by atoms with van der Waals surface area (Å²) in [5, 5.41) is 4.21. The Bertz CT molecular complexity index is 612. The normalized spacial score (nSPS) is 10.4. The molecule has 2 aromatic carbocycles. The second kappa shape index (κ2) is 7.19. The van der Waals surface area contributed by atoms with E-state index in [9.17, 15) is 0 Å². The van der Waals surface area contributed by atoms with E-state index in [0.717, 1.165) is 5.69 Å². The quantitative estimate of drug-likeness (QED) is 0.654. The fourth-order valence-corrected chi connectivity index (χ4v) is 1.92. The lowest BCUT2D eigenvalue weighted by Crippen LogP contribution is -2.00. The van der Waals surface area contributed by atoms with Gasteiger partial charge < -0.3 is 14.2 Å². The second-order valence-corrected chi connectivity index (χ2v) is 4.15. The van der Waals surface area contributed by atoms with Crippen molar-refractivity contribution in [2.45, 2.75) is 0 Å². The van der Waals surface area contributed by atoms with Gasteiger partial charge in [-0.3, -0.25) is 5.43 Å². The van der Waals surface area contributed by atoms with E-state index in [-0.39, 0.29) is 0 Å². The molecule has 21 heavy (non-hydrogen) atoms. The Labute approximate surface area is 124 Å². The highest BCUT2D eigenvalue weighted by Crippen LogP contribution is 2.36. The fraction of sp³-hybridized carbons (Fsp3) is 0.188. The van der Waals surface area contributed by atoms with E-state index in [4.69, 9.17) is 14.2 Å². The van der Waals surface area contributed by atoms with Gasteiger partial charge in [-0.2, -0.15) is 5.10 Å². The van der Waals surface area contributed by atoms with E-state index in [0.29, 0.717) is 22.8 Å². The SMILES string of the molecule is COc1ccc(OC)c(OC)c1C=NNc1ccccc1. The van der Waals surface area contributed by atoms with Gasteiger partial charge in [0, 0.05) is 0 Å². The van der Waals surface area contributed by atoms with Gasteiger partial charge in [0.1, 0.15) is 5.75 Å². The lowest BCUT2D eigenvalue weighted by Gasteiger charge is -2.13. The molecular weight excluding hydrogens is 268 g/mol. The van der Waals surface area contributed by atoms with E-state index < -0.39 is 0 Å². The number of ether oxygens (including phenoxy) is 3. The van der Waals surface area contributed by atoms with Gasteiger partial charge in [0.2, 0.25) is 0 Å². The molecule has 0 unspecified atom stereocenters. The maximum atomic E-state index is 5.39. The zero-order valence-electron chi connectivity index (χ0n) is 12.3. The summed E-state index contributed by atoms with van der Waals surface area (Å²) in [6.45, 7) is 0. The first-order valence-corrected chi connectivity index (χ1v) is 6.43. The average molecular weight is 286 g/mol. The molecule has 0 aromatic heterocycles. The van der Waals surface area contributed by atoms with Crippen LogP contribution in [0.4, 0.5) is 5.69 Å². The standard InChI is InChI=1S/C16H18N2O3/c1-19-14-9-10-15(20-2)16(21-3)13(14)11-17-18-12-7-5-4-6-8-12/h4-11,18H,1-3H3. The van der Waals surface area contributed by atoms with Gasteiger partial charge in [0.05, 0.1) is 38.8 Å². The summed E-state index contributed by atoms with van der Waals surface area (Å²) in [6, 6.07) is 13.3. The van der Waals surface area contributed by atoms with Crippen molar-refractivity contribution in [1.29, 1.82) is 0 Å². The van der Waals surface area contributed by atoms with Crippen LogP contribution in [0.5, 0.6) is 17.2 Å². The number of anilines is 1. The third-order valence-corrected chi connectivity index (χ3v) is 2.92. The van der Waals surface area contributed by atoms with Crippen molar-refractivity contribution >= 4 is 11.9 Å². The highest BCUT2D eigenvalue weighted by molar-refractivity contribution is 5.89. The third-order valence-electron chi connectivity index (χ3n) is 2.92. The largest absolute Gasteiger partial charge is 0.496 e. The number of hydrazone groups is 1. The Balaban J connectivity index is 2.29. The van der Waals surface area contributed by atoms with Gasteiger partial charge in [-0.05, 0) is 24.3 Å². The number of methoxy groups -OCH3 is 3. The summed E-state index contributed by atoms with van der Waals surface area (Å²) in [6.07, 6.45) is 1.65. The molecular formula is C16H18N2O3. The maximum Gasteiger partial charge on any atom is 0.173 e. The van der Waals surface area contributed by atoms with Crippen LogP contribution in [0.25, 0.3) is 0 Å². The molecule has 2 rings (SSSR count). The molecule has 5 nitrogen and oxygen atoms in total. The molecule has 0 bridgehead atoms. The predicted molar refractivity (Wildman–Crippen MR) is 83.8 cm³/mol. The van der Waals surface area contributed by atoms with E-state index >= 15 is 0 Å². The third kappa shape index (κ3) is 3.45. The summed E-state index contributed by atoms with van der Waals surface area (Å²) < 4.78 is 16.0. The number of nitrogens with zero attached hydrogens (tertiary/aromatic N) is 1. The lowest BCUT2D eigenvalue weighted by molar-refractivity contribution is 0.348. The molecule has 110 valence electrons. The van der Waals surface area contributed by atoms with Crippen LogP contribution in [0.2, 0.25) is 0 Å². The summed E-state index contributed by atoms with van der Waals surface area (Å²) in [5.74, 6) is 1.86. The van der Waals surface area contributed by atoms with E-state index in [1.807, 2.05) is 36.4 Å². The van der Waals surface area contributed by atoms with Crippen molar-refractivity contribution in [3.8, 4) is 17.2 Å². The van der Waals surface area contributed by atoms with Crippen LogP contribution < -0.4 is 19.6 Å². The molecule has 0 heterocycles. The van der Waals surface area contributed by atoms with Gasteiger partial charge in [-0.1, -0.05) is 18.2 Å². The first-order valence-electron chi connectivity index (χ1n) is 6.43. The predicted octanol–water partition coefficient (Wildman–Crippen LogP) is 3.16.